The van der Waals surface area contributed by atoms with E-state index < -0.39 is 0 Å². The van der Waals surface area contributed by atoms with Crippen molar-refractivity contribution in [1.29, 1.82) is 0 Å². The van der Waals surface area contributed by atoms with E-state index in [1.54, 1.807) is 0 Å². The molecule has 1 aliphatic heterocycles. The number of oxime groups is 1. The van der Waals surface area contributed by atoms with Crippen molar-refractivity contribution >= 4 is 5.84 Å². The Hall–Kier alpha value is -1.59. The topological polar surface area (TPSA) is 82.1 Å². The number of rotatable bonds is 5. The lowest BCUT2D eigenvalue weighted by Crippen LogP contribution is -2.39. The van der Waals surface area contributed by atoms with Crippen LogP contribution < -0.4 is 5.73 Å². The highest BCUT2D eigenvalue weighted by molar-refractivity contribution is 5.98. The third kappa shape index (κ3) is 3.49. The van der Waals surface area contributed by atoms with Crippen molar-refractivity contribution in [1.82, 2.24) is 4.90 Å². The van der Waals surface area contributed by atoms with Gasteiger partial charge in [0.15, 0.2) is 5.84 Å². The Balaban J connectivity index is 2.16. The zero-order chi connectivity index (χ0) is 14.4. The summed E-state index contributed by atoms with van der Waals surface area (Å²) in [5.41, 5.74) is 7.58. The predicted octanol–water partition coefficient (Wildman–Crippen LogP) is 1.52. The second kappa shape index (κ2) is 7.26. The highest BCUT2D eigenvalue weighted by Gasteiger charge is 2.22. The minimum Gasteiger partial charge on any atom is -0.409 e. The average Bonchev–Trinajstić information content (AvgIpc) is 2.49. The smallest absolute Gasteiger partial charge is 0.170 e. The molecule has 0 spiro atoms. The van der Waals surface area contributed by atoms with Crippen LogP contribution in [-0.2, 0) is 6.54 Å². The number of piperidine rings is 1. The Morgan fingerprint density at radius 2 is 2.15 bits per heavy atom. The molecule has 4 N–H and O–H groups in total. The third-order valence-electron chi connectivity index (χ3n) is 3.99. The largest absolute Gasteiger partial charge is 0.409 e. The van der Waals surface area contributed by atoms with Gasteiger partial charge in [-0.3, -0.25) is 4.90 Å². The molecule has 1 atom stereocenters. The van der Waals surface area contributed by atoms with E-state index in [1.165, 1.54) is 12.8 Å². The molecule has 1 fully saturated rings. The maximum absolute atomic E-state index is 9.18. The Labute approximate surface area is 119 Å². The van der Waals surface area contributed by atoms with Crippen LogP contribution in [0.5, 0.6) is 0 Å². The zero-order valence-corrected chi connectivity index (χ0v) is 11.7. The van der Waals surface area contributed by atoms with Gasteiger partial charge < -0.3 is 16.0 Å². The Morgan fingerprint density at radius 1 is 1.35 bits per heavy atom. The standard InChI is InChI=1S/C15H23N3O2/c16-15(17-20)14-7-2-1-5-12(14)11-18-9-4-3-6-13(18)8-10-19/h1-2,5,7,13,19-20H,3-4,6,8-11H2,(H2,16,17). The fraction of sp³-hybridized carbons (Fsp3) is 0.533. The van der Waals surface area contributed by atoms with Crippen molar-refractivity contribution < 1.29 is 10.3 Å². The van der Waals surface area contributed by atoms with Gasteiger partial charge in [0, 0.05) is 24.8 Å². The quantitative estimate of drug-likeness (QED) is 0.330. The van der Waals surface area contributed by atoms with Gasteiger partial charge in [-0.2, -0.15) is 0 Å². The molecule has 0 radical (unpaired) electrons. The van der Waals surface area contributed by atoms with Crippen molar-refractivity contribution in [3.8, 4) is 0 Å². The summed E-state index contributed by atoms with van der Waals surface area (Å²) in [6.07, 6.45) is 4.36. The number of benzene rings is 1. The number of nitrogens with two attached hydrogens (primary N) is 1. The number of amidine groups is 1. The van der Waals surface area contributed by atoms with Crippen LogP contribution in [0.4, 0.5) is 0 Å². The molecule has 110 valence electrons. The van der Waals surface area contributed by atoms with Crippen LogP contribution in [0, 0.1) is 0 Å². The SMILES string of the molecule is N/C(=N\O)c1ccccc1CN1CCCCC1CCO. The van der Waals surface area contributed by atoms with E-state index in [9.17, 15) is 5.11 Å². The predicted molar refractivity (Wildman–Crippen MR) is 78.7 cm³/mol. The lowest BCUT2D eigenvalue weighted by atomic mass is 9.97. The molecule has 1 aromatic carbocycles. The van der Waals surface area contributed by atoms with E-state index in [4.69, 9.17) is 10.9 Å². The van der Waals surface area contributed by atoms with E-state index in [1.807, 2.05) is 24.3 Å². The highest BCUT2D eigenvalue weighted by atomic mass is 16.4. The van der Waals surface area contributed by atoms with E-state index in [-0.39, 0.29) is 12.4 Å². The molecule has 0 saturated carbocycles. The fourth-order valence-corrected chi connectivity index (χ4v) is 2.92. The van der Waals surface area contributed by atoms with E-state index >= 15 is 0 Å². The van der Waals surface area contributed by atoms with Crippen LogP contribution >= 0.6 is 0 Å². The summed E-state index contributed by atoms with van der Waals surface area (Å²) in [6.45, 7) is 2.04. The minimum absolute atomic E-state index is 0.149. The second-order valence-electron chi connectivity index (χ2n) is 5.27. The molecule has 0 aliphatic carbocycles. The highest BCUT2D eigenvalue weighted by Crippen LogP contribution is 2.23. The van der Waals surface area contributed by atoms with Gasteiger partial charge in [-0.1, -0.05) is 35.8 Å². The van der Waals surface area contributed by atoms with Gasteiger partial charge in [0.2, 0.25) is 0 Å². The van der Waals surface area contributed by atoms with Crippen molar-refractivity contribution in [3.05, 3.63) is 35.4 Å². The molecule has 0 amide bonds. The summed E-state index contributed by atoms with van der Waals surface area (Å²) in [6, 6.07) is 8.16. The minimum atomic E-state index is 0.149. The maximum Gasteiger partial charge on any atom is 0.170 e. The summed E-state index contributed by atoms with van der Waals surface area (Å²) >= 11 is 0. The molecule has 1 heterocycles. The number of likely N-dealkylation sites (tertiary alicyclic amines) is 1. The summed E-state index contributed by atoms with van der Waals surface area (Å²) in [7, 11) is 0. The first-order valence-electron chi connectivity index (χ1n) is 7.17. The van der Waals surface area contributed by atoms with Gasteiger partial charge in [0.25, 0.3) is 0 Å². The summed E-state index contributed by atoms with van der Waals surface area (Å²) in [5, 5.41) is 21.2. The number of hydrogen-bond donors (Lipinski definition) is 3. The van der Waals surface area contributed by atoms with Crippen LogP contribution in [0.15, 0.2) is 29.4 Å². The second-order valence-corrected chi connectivity index (χ2v) is 5.27. The third-order valence-corrected chi connectivity index (χ3v) is 3.99. The van der Waals surface area contributed by atoms with Crippen LogP contribution in [0.25, 0.3) is 0 Å². The normalized spacial score (nSPS) is 21.1. The molecule has 5 nitrogen and oxygen atoms in total. The summed E-state index contributed by atoms with van der Waals surface area (Å²) in [5.74, 6) is 0.149. The van der Waals surface area contributed by atoms with Gasteiger partial charge in [-0.05, 0) is 31.4 Å². The molecule has 1 unspecified atom stereocenters. The Morgan fingerprint density at radius 3 is 2.90 bits per heavy atom. The van der Waals surface area contributed by atoms with Crippen LogP contribution in [-0.4, -0.2) is 40.2 Å². The molecule has 1 aromatic rings. The Bertz CT molecular complexity index is 460. The molecular weight excluding hydrogens is 254 g/mol. The van der Waals surface area contributed by atoms with Crippen LogP contribution in [0.2, 0.25) is 0 Å². The number of hydrogen-bond acceptors (Lipinski definition) is 4. The van der Waals surface area contributed by atoms with Crippen LogP contribution in [0.1, 0.15) is 36.8 Å². The van der Waals surface area contributed by atoms with E-state index in [2.05, 4.69) is 10.1 Å². The molecular formula is C15H23N3O2. The van der Waals surface area contributed by atoms with Crippen molar-refractivity contribution in [3.63, 3.8) is 0 Å². The lowest BCUT2D eigenvalue weighted by Gasteiger charge is -2.35. The van der Waals surface area contributed by atoms with Gasteiger partial charge in [0.1, 0.15) is 0 Å². The molecule has 20 heavy (non-hydrogen) atoms. The van der Waals surface area contributed by atoms with Crippen molar-refractivity contribution in [2.24, 2.45) is 10.9 Å². The first-order valence-corrected chi connectivity index (χ1v) is 7.17. The van der Waals surface area contributed by atoms with E-state index in [0.717, 1.165) is 37.1 Å². The molecule has 0 aromatic heterocycles. The summed E-state index contributed by atoms with van der Waals surface area (Å²) in [4.78, 5) is 2.39. The molecule has 0 bridgehead atoms. The zero-order valence-electron chi connectivity index (χ0n) is 11.7. The van der Waals surface area contributed by atoms with Gasteiger partial charge in [-0.15, -0.1) is 0 Å². The first-order chi connectivity index (χ1) is 9.76. The van der Waals surface area contributed by atoms with Crippen molar-refractivity contribution in [2.45, 2.75) is 38.3 Å². The van der Waals surface area contributed by atoms with E-state index in [0.29, 0.717) is 6.04 Å². The molecule has 1 aliphatic rings. The molecule has 1 saturated heterocycles. The number of nitrogens with zero attached hydrogens (tertiary/aromatic N) is 2. The Kier molecular flexibility index (Phi) is 5.38. The maximum atomic E-state index is 9.18. The number of aliphatic hydroxyl groups is 1. The van der Waals surface area contributed by atoms with Gasteiger partial charge in [0.05, 0.1) is 0 Å². The number of aliphatic hydroxyl groups excluding tert-OH is 1. The van der Waals surface area contributed by atoms with Gasteiger partial charge >= 0.3 is 0 Å². The lowest BCUT2D eigenvalue weighted by molar-refractivity contribution is 0.112. The average molecular weight is 277 g/mol. The molecule has 2 rings (SSSR count). The summed E-state index contributed by atoms with van der Waals surface area (Å²) < 4.78 is 0. The van der Waals surface area contributed by atoms with Crippen LogP contribution in [0.3, 0.4) is 0 Å². The van der Waals surface area contributed by atoms with Crippen molar-refractivity contribution in [2.75, 3.05) is 13.2 Å². The fourth-order valence-electron chi connectivity index (χ4n) is 2.92. The van der Waals surface area contributed by atoms with Gasteiger partial charge in [-0.25, -0.2) is 0 Å². The molecule has 5 heteroatoms. The first kappa shape index (κ1) is 14.8. The monoisotopic (exact) mass is 277 g/mol.